The first-order valence-electron chi connectivity index (χ1n) is 9.14. The largest absolute Gasteiger partial charge is 0.463 e. The van der Waals surface area contributed by atoms with Crippen molar-refractivity contribution in [2.45, 2.75) is 51.6 Å². The quantitative estimate of drug-likeness (QED) is 0.788. The number of hydrogen-bond acceptors (Lipinski definition) is 4. The number of nitrogens with zero attached hydrogens (tertiary/aromatic N) is 1. The van der Waals surface area contributed by atoms with Gasteiger partial charge in [0.25, 0.3) is 0 Å². The van der Waals surface area contributed by atoms with E-state index in [9.17, 15) is 14.4 Å². The zero-order valence-corrected chi connectivity index (χ0v) is 15.8. The summed E-state index contributed by atoms with van der Waals surface area (Å²) in [6.07, 6.45) is 1.12. The van der Waals surface area contributed by atoms with Gasteiger partial charge in [-0.05, 0) is 32.3 Å². The lowest BCUT2D eigenvalue weighted by Gasteiger charge is -2.40. The van der Waals surface area contributed by atoms with Crippen LogP contribution in [0.3, 0.4) is 0 Å². The highest BCUT2D eigenvalue weighted by Gasteiger charge is 2.43. The van der Waals surface area contributed by atoms with Crippen LogP contribution in [-0.2, 0) is 24.5 Å². The van der Waals surface area contributed by atoms with E-state index in [4.69, 9.17) is 4.74 Å². The summed E-state index contributed by atoms with van der Waals surface area (Å²) in [7, 11) is 0. The second-order valence-electron chi connectivity index (χ2n) is 7.00. The summed E-state index contributed by atoms with van der Waals surface area (Å²) in [5.41, 5.74) is 0.278. The van der Waals surface area contributed by atoms with Crippen molar-refractivity contribution in [1.29, 1.82) is 0 Å². The summed E-state index contributed by atoms with van der Waals surface area (Å²) in [5.74, 6) is -0.381. The molecule has 0 atom stereocenters. The van der Waals surface area contributed by atoms with E-state index in [2.05, 4.69) is 5.32 Å². The number of amides is 2. The second-order valence-corrected chi connectivity index (χ2v) is 7.00. The highest BCUT2D eigenvalue weighted by molar-refractivity contribution is 5.89. The minimum absolute atomic E-state index is 0.0310. The second kappa shape index (κ2) is 8.83. The zero-order chi connectivity index (χ0) is 19.2. The van der Waals surface area contributed by atoms with E-state index in [1.165, 1.54) is 0 Å². The van der Waals surface area contributed by atoms with Gasteiger partial charge in [0.1, 0.15) is 0 Å². The topological polar surface area (TPSA) is 75.7 Å². The molecule has 2 rings (SSSR count). The van der Waals surface area contributed by atoms with Gasteiger partial charge >= 0.3 is 5.97 Å². The Balaban J connectivity index is 2.06. The summed E-state index contributed by atoms with van der Waals surface area (Å²) in [6, 6.07) is 9.66. The molecule has 0 bridgehead atoms. The van der Waals surface area contributed by atoms with E-state index in [-0.39, 0.29) is 36.9 Å². The average Bonchev–Trinajstić information content (AvgIpc) is 2.61. The van der Waals surface area contributed by atoms with E-state index < -0.39 is 5.41 Å². The number of ether oxygens (including phenoxy) is 1. The molecular formula is C20H28N2O4. The summed E-state index contributed by atoms with van der Waals surface area (Å²) < 4.78 is 5.09. The van der Waals surface area contributed by atoms with Gasteiger partial charge in [0.2, 0.25) is 11.8 Å². The molecule has 2 amide bonds. The fourth-order valence-corrected chi connectivity index (χ4v) is 3.38. The molecule has 6 heteroatoms. The predicted molar refractivity (Wildman–Crippen MR) is 98.5 cm³/mol. The third kappa shape index (κ3) is 4.84. The Morgan fingerprint density at radius 3 is 2.31 bits per heavy atom. The molecular weight excluding hydrogens is 332 g/mol. The van der Waals surface area contributed by atoms with Crippen molar-refractivity contribution in [1.82, 2.24) is 10.2 Å². The van der Waals surface area contributed by atoms with Gasteiger partial charge in [0, 0.05) is 26.6 Å². The molecule has 142 valence electrons. The maximum Gasteiger partial charge on any atom is 0.307 e. The number of benzene rings is 1. The van der Waals surface area contributed by atoms with Crippen molar-refractivity contribution < 1.29 is 19.1 Å². The fraction of sp³-hybridized carbons (Fsp3) is 0.550. The maximum absolute atomic E-state index is 13.0. The molecule has 0 radical (unpaired) electrons. The van der Waals surface area contributed by atoms with Crippen molar-refractivity contribution in [2.75, 3.05) is 19.6 Å². The lowest BCUT2D eigenvalue weighted by molar-refractivity contribution is -0.147. The first-order chi connectivity index (χ1) is 12.3. The van der Waals surface area contributed by atoms with Gasteiger partial charge in [-0.15, -0.1) is 0 Å². The third-order valence-electron chi connectivity index (χ3n) is 4.81. The summed E-state index contributed by atoms with van der Waals surface area (Å²) in [5, 5.41) is 2.90. The van der Waals surface area contributed by atoms with Gasteiger partial charge in [-0.25, -0.2) is 0 Å². The molecule has 0 unspecified atom stereocenters. The van der Waals surface area contributed by atoms with Crippen molar-refractivity contribution in [3.05, 3.63) is 35.9 Å². The van der Waals surface area contributed by atoms with Crippen LogP contribution in [0.1, 0.15) is 45.6 Å². The Bertz CT molecular complexity index is 634. The highest BCUT2D eigenvalue weighted by atomic mass is 16.5. The van der Waals surface area contributed by atoms with Crippen LogP contribution in [0, 0.1) is 0 Å². The number of carbonyl (C=O) groups is 3. The molecule has 1 N–H and O–H groups in total. The molecule has 1 aromatic carbocycles. The van der Waals surface area contributed by atoms with Gasteiger partial charge in [0.15, 0.2) is 0 Å². The lowest BCUT2D eigenvalue weighted by Crippen LogP contribution is -2.52. The Hall–Kier alpha value is -2.37. The highest BCUT2D eigenvalue weighted by Crippen LogP contribution is 2.36. The Morgan fingerprint density at radius 1 is 1.15 bits per heavy atom. The van der Waals surface area contributed by atoms with Crippen LogP contribution in [0.4, 0.5) is 0 Å². The Morgan fingerprint density at radius 2 is 1.77 bits per heavy atom. The maximum atomic E-state index is 13.0. The van der Waals surface area contributed by atoms with Gasteiger partial charge in [-0.2, -0.15) is 0 Å². The molecule has 1 aliphatic rings. The van der Waals surface area contributed by atoms with Gasteiger partial charge in [0.05, 0.1) is 17.9 Å². The number of carbonyl (C=O) groups excluding carboxylic acids is 3. The summed E-state index contributed by atoms with van der Waals surface area (Å²) in [6.45, 7) is 6.48. The molecule has 1 heterocycles. The standard InChI is InChI=1S/C20H28N2O4/c1-15(2)26-18(24)9-12-21-19(25)20(17-7-5-4-6-8-17)10-13-22(14-11-20)16(3)23/h4-8,15H,9-14H2,1-3H3,(H,21,25). The monoisotopic (exact) mass is 360 g/mol. The number of rotatable bonds is 6. The van der Waals surface area contributed by atoms with E-state index >= 15 is 0 Å². The van der Waals surface area contributed by atoms with E-state index in [0.29, 0.717) is 25.9 Å². The molecule has 26 heavy (non-hydrogen) atoms. The van der Waals surface area contributed by atoms with Crippen molar-refractivity contribution in [2.24, 2.45) is 0 Å². The van der Waals surface area contributed by atoms with Crippen LogP contribution < -0.4 is 5.32 Å². The van der Waals surface area contributed by atoms with Gasteiger partial charge < -0.3 is 15.0 Å². The molecule has 1 saturated heterocycles. The molecule has 1 aromatic rings. The van der Waals surface area contributed by atoms with E-state index in [1.54, 1.807) is 25.7 Å². The molecule has 1 fully saturated rings. The van der Waals surface area contributed by atoms with Crippen molar-refractivity contribution in [3.63, 3.8) is 0 Å². The molecule has 6 nitrogen and oxygen atoms in total. The smallest absolute Gasteiger partial charge is 0.307 e. The van der Waals surface area contributed by atoms with Crippen LogP contribution in [-0.4, -0.2) is 48.4 Å². The predicted octanol–water partition coefficient (Wildman–Crippen LogP) is 2.02. The van der Waals surface area contributed by atoms with Crippen LogP contribution >= 0.6 is 0 Å². The normalized spacial score (nSPS) is 16.2. The fourth-order valence-electron chi connectivity index (χ4n) is 3.38. The average molecular weight is 360 g/mol. The Labute approximate surface area is 154 Å². The first-order valence-corrected chi connectivity index (χ1v) is 9.14. The number of piperidine rings is 1. The number of nitrogens with one attached hydrogen (secondary N) is 1. The molecule has 0 aromatic heterocycles. The van der Waals surface area contributed by atoms with Crippen LogP contribution in [0.2, 0.25) is 0 Å². The SMILES string of the molecule is CC(=O)N1CCC(C(=O)NCCC(=O)OC(C)C)(c2ccccc2)CC1. The van der Waals surface area contributed by atoms with Crippen LogP contribution in [0.5, 0.6) is 0 Å². The third-order valence-corrected chi connectivity index (χ3v) is 4.81. The molecule has 0 aliphatic carbocycles. The van der Waals surface area contributed by atoms with Crippen molar-refractivity contribution in [3.8, 4) is 0 Å². The van der Waals surface area contributed by atoms with Crippen molar-refractivity contribution >= 4 is 17.8 Å². The minimum atomic E-state index is -0.671. The minimum Gasteiger partial charge on any atom is -0.463 e. The van der Waals surface area contributed by atoms with Gasteiger partial charge in [-0.3, -0.25) is 14.4 Å². The summed E-state index contributed by atoms with van der Waals surface area (Å²) >= 11 is 0. The molecule has 0 saturated carbocycles. The lowest BCUT2D eigenvalue weighted by atomic mass is 9.72. The van der Waals surface area contributed by atoms with Crippen LogP contribution in [0.15, 0.2) is 30.3 Å². The number of esters is 1. The Kier molecular flexibility index (Phi) is 6.77. The van der Waals surface area contributed by atoms with E-state index in [0.717, 1.165) is 5.56 Å². The molecule has 1 aliphatic heterocycles. The molecule has 0 spiro atoms. The van der Waals surface area contributed by atoms with Gasteiger partial charge in [-0.1, -0.05) is 30.3 Å². The zero-order valence-electron chi connectivity index (χ0n) is 15.8. The first kappa shape index (κ1) is 19.9. The number of hydrogen-bond donors (Lipinski definition) is 1. The number of likely N-dealkylation sites (tertiary alicyclic amines) is 1. The van der Waals surface area contributed by atoms with Crippen LogP contribution in [0.25, 0.3) is 0 Å². The summed E-state index contributed by atoms with van der Waals surface area (Å²) in [4.78, 5) is 38.1. The van der Waals surface area contributed by atoms with E-state index in [1.807, 2.05) is 30.3 Å².